The normalized spacial score (nSPS) is 10.2. The second-order valence-corrected chi connectivity index (χ2v) is 6.43. The van der Waals surface area contributed by atoms with Crippen LogP contribution in [0.3, 0.4) is 0 Å². The predicted octanol–water partition coefficient (Wildman–Crippen LogP) is 3.00. The van der Waals surface area contributed by atoms with E-state index in [4.69, 9.17) is 28.2 Å². The lowest BCUT2D eigenvalue weighted by atomic mass is 10.2. The first-order valence-electron chi connectivity index (χ1n) is 6.92. The molecule has 0 spiro atoms. The topological polar surface area (TPSA) is 66.3 Å². The maximum Gasteiger partial charge on any atom is 0.248 e. The van der Waals surface area contributed by atoms with Crippen LogP contribution in [0.2, 0.25) is 5.02 Å². The summed E-state index contributed by atoms with van der Waals surface area (Å²) in [4.78, 5) is 11.7. The largest absolute Gasteiger partial charge is 0.467 e. The molecule has 24 heavy (non-hydrogen) atoms. The van der Waals surface area contributed by atoms with Crippen LogP contribution in [0, 0.1) is 5.82 Å². The highest BCUT2D eigenvalue weighted by atomic mass is 35.5. The second-order valence-electron chi connectivity index (χ2n) is 4.63. The maximum atomic E-state index is 13.6. The van der Waals surface area contributed by atoms with Gasteiger partial charge in [-0.05, 0) is 36.5 Å². The number of halogens is 2. The summed E-state index contributed by atoms with van der Waals surface area (Å²) < 4.78 is 18.7. The van der Waals surface area contributed by atoms with E-state index < -0.39 is 0 Å². The van der Waals surface area contributed by atoms with E-state index in [2.05, 4.69) is 16.2 Å². The number of hydrogen-bond donors (Lipinski definition) is 3. The van der Waals surface area contributed by atoms with Gasteiger partial charge in [-0.2, -0.15) is 0 Å². The molecule has 2 aromatic rings. The number of hydrogen-bond acceptors (Lipinski definition) is 4. The third kappa shape index (κ3) is 6.03. The second kappa shape index (κ2) is 9.51. The minimum atomic E-state index is -0.378. The fourth-order valence-electron chi connectivity index (χ4n) is 1.70. The summed E-state index contributed by atoms with van der Waals surface area (Å²) in [7, 11) is 0. The molecule has 0 saturated heterocycles. The molecule has 1 aromatic carbocycles. The Morgan fingerprint density at radius 3 is 2.83 bits per heavy atom. The van der Waals surface area contributed by atoms with E-state index in [1.165, 1.54) is 17.8 Å². The Balaban J connectivity index is 1.63. The van der Waals surface area contributed by atoms with Crippen LogP contribution in [0.5, 0.6) is 0 Å². The van der Waals surface area contributed by atoms with Crippen molar-refractivity contribution in [3.63, 3.8) is 0 Å². The van der Waals surface area contributed by atoms with Crippen molar-refractivity contribution < 1.29 is 13.6 Å². The standard InChI is InChI=1S/C15H15ClFN3O2S2/c16-12-4-1-5-13(17)11(12)8-24-9-14(21)19-20-15(23)18-7-10-3-2-6-22-10/h1-6H,7-9H2,(H,19,21)(H2,18,20,23). The molecule has 1 amide bonds. The molecular weight excluding hydrogens is 373 g/mol. The van der Waals surface area contributed by atoms with Gasteiger partial charge in [0.25, 0.3) is 0 Å². The van der Waals surface area contributed by atoms with Gasteiger partial charge in [-0.1, -0.05) is 17.7 Å². The predicted molar refractivity (Wildman–Crippen MR) is 97.0 cm³/mol. The number of amides is 1. The molecule has 0 aliphatic rings. The summed E-state index contributed by atoms with van der Waals surface area (Å²) in [5, 5.41) is 3.49. The monoisotopic (exact) mass is 387 g/mol. The summed E-state index contributed by atoms with van der Waals surface area (Å²) in [5.41, 5.74) is 5.43. The van der Waals surface area contributed by atoms with Gasteiger partial charge in [0.15, 0.2) is 5.11 Å². The van der Waals surface area contributed by atoms with E-state index in [1.807, 2.05) is 0 Å². The first-order chi connectivity index (χ1) is 11.6. The van der Waals surface area contributed by atoms with Gasteiger partial charge in [0.1, 0.15) is 11.6 Å². The van der Waals surface area contributed by atoms with Crippen molar-refractivity contribution in [2.45, 2.75) is 12.3 Å². The molecule has 0 fully saturated rings. The Hall–Kier alpha value is -1.77. The Kier molecular flexibility index (Phi) is 7.36. The van der Waals surface area contributed by atoms with Crippen molar-refractivity contribution in [2.24, 2.45) is 0 Å². The molecule has 1 aromatic heterocycles. The average molecular weight is 388 g/mol. The first kappa shape index (κ1) is 18.6. The van der Waals surface area contributed by atoms with Gasteiger partial charge in [-0.15, -0.1) is 11.8 Å². The lowest BCUT2D eigenvalue weighted by molar-refractivity contribution is -0.119. The SMILES string of the molecule is O=C(CSCc1c(F)cccc1Cl)NNC(=S)NCc1ccco1. The van der Waals surface area contributed by atoms with Gasteiger partial charge in [-0.3, -0.25) is 15.6 Å². The molecule has 2 rings (SSSR count). The maximum absolute atomic E-state index is 13.6. The molecule has 1 heterocycles. The van der Waals surface area contributed by atoms with E-state index in [0.29, 0.717) is 22.9 Å². The third-order valence-corrected chi connectivity index (χ3v) is 4.42. The van der Waals surface area contributed by atoms with Crippen LogP contribution in [0.25, 0.3) is 0 Å². The first-order valence-corrected chi connectivity index (χ1v) is 8.86. The van der Waals surface area contributed by atoms with Crippen LogP contribution in [-0.4, -0.2) is 16.8 Å². The fourth-order valence-corrected chi connectivity index (χ4v) is 2.99. The van der Waals surface area contributed by atoms with Gasteiger partial charge >= 0.3 is 0 Å². The highest BCUT2D eigenvalue weighted by Gasteiger charge is 2.09. The van der Waals surface area contributed by atoms with Gasteiger partial charge in [0, 0.05) is 16.3 Å². The van der Waals surface area contributed by atoms with E-state index in [0.717, 1.165) is 5.76 Å². The van der Waals surface area contributed by atoms with Crippen molar-refractivity contribution in [2.75, 3.05) is 5.75 Å². The molecule has 9 heteroatoms. The van der Waals surface area contributed by atoms with Crippen LogP contribution in [0.15, 0.2) is 41.0 Å². The zero-order valence-electron chi connectivity index (χ0n) is 12.5. The van der Waals surface area contributed by atoms with E-state index in [-0.39, 0.29) is 22.6 Å². The van der Waals surface area contributed by atoms with Gasteiger partial charge in [0.2, 0.25) is 5.91 Å². The highest BCUT2D eigenvalue weighted by molar-refractivity contribution is 7.99. The van der Waals surface area contributed by atoms with Crippen molar-refractivity contribution in [1.82, 2.24) is 16.2 Å². The molecule has 128 valence electrons. The molecule has 3 N–H and O–H groups in total. The van der Waals surface area contributed by atoms with Crippen LogP contribution in [0.1, 0.15) is 11.3 Å². The van der Waals surface area contributed by atoms with Crippen LogP contribution in [0.4, 0.5) is 4.39 Å². The van der Waals surface area contributed by atoms with Crippen LogP contribution in [-0.2, 0) is 17.1 Å². The molecule has 0 bridgehead atoms. The number of thiocarbonyl (C=S) groups is 1. The van der Waals surface area contributed by atoms with Crippen molar-refractivity contribution in [1.29, 1.82) is 0 Å². The summed E-state index contributed by atoms with van der Waals surface area (Å²) in [6, 6.07) is 8.07. The van der Waals surface area contributed by atoms with E-state index in [9.17, 15) is 9.18 Å². The highest BCUT2D eigenvalue weighted by Crippen LogP contribution is 2.23. The molecule has 0 aliphatic heterocycles. The third-order valence-electron chi connectivity index (χ3n) is 2.86. The van der Waals surface area contributed by atoms with Crippen molar-refractivity contribution in [3.8, 4) is 0 Å². The molecule has 0 aliphatic carbocycles. The summed E-state index contributed by atoms with van der Waals surface area (Å²) >= 11 is 12.2. The molecular formula is C15H15ClFN3O2S2. The smallest absolute Gasteiger partial charge is 0.248 e. The summed E-state index contributed by atoms with van der Waals surface area (Å²) in [6.07, 6.45) is 1.56. The molecule has 5 nitrogen and oxygen atoms in total. The number of nitrogens with one attached hydrogen (secondary N) is 3. The lowest BCUT2D eigenvalue weighted by Gasteiger charge is -2.11. The Bertz CT molecular complexity index is 678. The van der Waals surface area contributed by atoms with Gasteiger partial charge < -0.3 is 9.73 Å². The molecule has 0 atom stereocenters. The van der Waals surface area contributed by atoms with E-state index >= 15 is 0 Å². The number of benzene rings is 1. The van der Waals surface area contributed by atoms with Crippen LogP contribution >= 0.6 is 35.6 Å². The zero-order valence-corrected chi connectivity index (χ0v) is 14.9. The minimum Gasteiger partial charge on any atom is -0.467 e. The van der Waals surface area contributed by atoms with Gasteiger partial charge in [0.05, 0.1) is 18.6 Å². The zero-order chi connectivity index (χ0) is 17.4. The molecule has 0 radical (unpaired) electrons. The van der Waals surface area contributed by atoms with Crippen molar-refractivity contribution in [3.05, 3.63) is 58.8 Å². The Morgan fingerprint density at radius 2 is 2.12 bits per heavy atom. The lowest BCUT2D eigenvalue weighted by Crippen LogP contribution is -2.47. The summed E-state index contributed by atoms with van der Waals surface area (Å²) in [6.45, 7) is 0.412. The Morgan fingerprint density at radius 1 is 1.29 bits per heavy atom. The van der Waals surface area contributed by atoms with Crippen molar-refractivity contribution >= 4 is 46.6 Å². The number of hydrazine groups is 1. The average Bonchev–Trinajstić information content (AvgIpc) is 3.07. The minimum absolute atomic E-state index is 0.137. The number of carbonyl (C=O) groups excluding carboxylic acids is 1. The van der Waals surface area contributed by atoms with Crippen LogP contribution < -0.4 is 16.2 Å². The van der Waals surface area contributed by atoms with Gasteiger partial charge in [-0.25, -0.2) is 4.39 Å². The molecule has 0 unspecified atom stereocenters. The summed E-state index contributed by atoms with van der Waals surface area (Å²) in [5.74, 6) is 0.507. The molecule has 0 saturated carbocycles. The number of carbonyl (C=O) groups is 1. The Labute approximate surface area is 153 Å². The number of rotatable bonds is 6. The van der Waals surface area contributed by atoms with E-state index in [1.54, 1.807) is 30.5 Å². The fraction of sp³-hybridized carbons (Fsp3) is 0.200. The number of furan rings is 1. The number of thioether (sulfide) groups is 1. The quantitative estimate of drug-likeness (QED) is 0.523.